The molecule has 1 aromatic heterocycles. The number of para-hydroxylation sites is 2. The van der Waals surface area contributed by atoms with E-state index in [1.54, 1.807) is 25.4 Å². The van der Waals surface area contributed by atoms with Gasteiger partial charge in [0.05, 0.1) is 19.2 Å². The lowest BCUT2D eigenvalue weighted by molar-refractivity contribution is 0.0943. The van der Waals surface area contributed by atoms with Gasteiger partial charge < -0.3 is 14.8 Å². The second kappa shape index (κ2) is 8.29. The molecule has 0 radical (unpaired) electrons. The Morgan fingerprint density at radius 1 is 1.23 bits per heavy atom. The molecule has 5 nitrogen and oxygen atoms in total. The summed E-state index contributed by atoms with van der Waals surface area (Å²) in [6.45, 7) is 0.764. The third-order valence-electron chi connectivity index (χ3n) is 2.92. The zero-order chi connectivity index (χ0) is 15.8. The van der Waals surface area contributed by atoms with Crippen LogP contribution < -0.4 is 14.8 Å². The summed E-state index contributed by atoms with van der Waals surface area (Å²) in [6.07, 6.45) is 3.57. The molecule has 1 heterocycles. The van der Waals surface area contributed by atoms with Gasteiger partial charge in [0.1, 0.15) is 11.6 Å². The summed E-state index contributed by atoms with van der Waals surface area (Å²) in [7, 11) is 1.59. The minimum absolute atomic E-state index is 0.152. The second-order valence-electron chi connectivity index (χ2n) is 4.32. The average molecular weight is 318 g/mol. The van der Waals surface area contributed by atoms with Gasteiger partial charge in [-0.2, -0.15) is 0 Å². The molecule has 0 aliphatic heterocycles. The average Bonchev–Trinajstić information content (AvgIpc) is 2.58. The number of nitrogens with one attached hydrogen (secondary N) is 1. The smallest absolute Gasteiger partial charge is 0.254 e. The number of carbonyl (C=O) groups is 1. The van der Waals surface area contributed by atoms with Gasteiger partial charge in [-0.3, -0.25) is 4.79 Å². The third-order valence-corrected chi connectivity index (χ3v) is 3.64. The van der Waals surface area contributed by atoms with Crippen molar-refractivity contribution < 1.29 is 14.3 Å². The Bertz CT molecular complexity index is 634. The van der Waals surface area contributed by atoms with Crippen LogP contribution in [-0.2, 0) is 0 Å². The molecule has 0 aliphatic rings. The monoisotopic (exact) mass is 318 g/mol. The third kappa shape index (κ3) is 4.14. The van der Waals surface area contributed by atoms with Gasteiger partial charge in [0.25, 0.3) is 5.91 Å². The highest BCUT2D eigenvalue weighted by molar-refractivity contribution is 7.98. The lowest BCUT2D eigenvalue weighted by atomic mass is 10.2. The summed E-state index contributed by atoms with van der Waals surface area (Å²) < 4.78 is 10.8. The van der Waals surface area contributed by atoms with Gasteiger partial charge in [0, 0.05) is 6.20 Å². The van der Waals surface area contributed by atoms with Crippen molar-refractivity contribution in [2.75, 3.05) is 26.5 Å². The molecule has 1 aromatic carbocycles. The molecule has 0 saturated heterocycles. The summed E-state index contributed by atoms with van der Waals surface area (Å²) in [4.78, 5) is 16.3. The number of hydrogen-bond donors (Lipinski definition) is 1. The molecular weight excluding hydrogens is 300 g/mol. The number of aromatic nitrogens is 1. The number of hydrogen-bond acceptors (Lipinski definition) is 5. The molecule has 0 unspecified atom stereocenters. The second-order valence-corrected chi connectivity index (χ2v) is 5.11. The van der Waals surface area contributed by atoms with Crippen LogP contribution in [0.25, 0.3) is 0 Å². The van der Waals surface area contributed by atoms with Gasteiger partial charge in [-0.05, 0) is 30.5 Å². The number of rotatable bonds is 7. The summed E-state index contributed by atoms with van der Waals surface area (Å²) in [5, 5.41) is 3.54. The van der Waals surface area contributed by atoms with Crippen molar-refractivity contribution in [1.29, 1.82) is 0 Å². The Morgan fingerprint density at radius 3 is 2.73 bits per heavy atom. The molecule has 0 atom stereocenters. The standard InChI is InChI=1S/C16H18N2O3S/c1-20-13-7-3-4-8-14(13)21-11-10-17-15(19)12-6-5-9-18-16(12)22-2/h3-9H,10-11H2,1-2H3,(H,17,19). The maximum atomic E-state index is 12.1. The first kappa shape index (κ1) is 16.2. The number of nitrogens with zero attached hydrogens (tertiary/aromatic N) is 1. The maximum absolute atomic E-state index is 12.1. The molecule has 2 aromatic rings. The Labute approximate surface area is 134 Å². The van der Waals surface area contributed by atoms with E-state index in [-0.39, 0.29) is 5.91 Å². The lowest BCUT2D eigenvalue weighted by Gasteiger charge is -2.11. The van der Waals surface area contributed by atoms with Crippen LogP contribution in [-0.4, -0.2) is 37.4 Å². The van der Waals surface area contributed by atoms with Crippen LogP contribution in [0, 0.1) is 0 Å². The molecule has 1 N–H and O–H groups in total. The van der Waals surface area contributed by atoms with Crippen LogP contribution in [0.4, 0.5) is 0 Å². The largest absolute Gasteiger partial charge is 0.493 e. The van der Waals surface area contributed by atoms with Crippen LogP contribution in [0.2, 0.25) is 0 Å². The van der Waals surface area contributed by atoms with Gasteiger partial charge in [0.15, 0.2) is 11.5 Å². The first-order chi connectivity index (χ1) is 10.8. The summed E-state index contributed by atoms with van der Waals surface area (Å²) in [6, 6.07) is 10.9. The zero-order valence-corrected chi connectivity index (χ0v) is 13.4. The molecule has 0 saturated carbocycles. The Hall–Kier alpha value is -2.21. The highest BCUT2D eigenvalue weighted by Crippen LogP contribution is 2.25. The lowest BCUT2D eigenvalue weighted by Crippen LogP contribution is -2.28. The quantitative estimate of drug-likeness (QED) is 0.628. The van der Waals surface area contributed by atoms with E-state index >= 15 is 0 Å². The van der Waals surface area contributed by atoms with E-state index in [4.69, 9.17) is 9.47 Å². The van der Waals surface area contributed by atoms with Crippen LogP contribution in [0.1, 0.15) is 10.4 Å². The number of carbonyl (C=O) groups excluding carboxylic acids is 1. The van der Waals surface area contributed by atoms with Crippen molar-refractivity contribution in [3.63, 3.8) is 0 Å². The van der Waals surface area contributed by atoms with E-state index in [1.807, 2.05) is 30.5 Å². The molecule has 0 bridgehead atoms. The fourth-order valence-electron chi connectivity index (χ4n) is 1.89. The predicted octanol–water partition coefficient (Wildman–Crippen LogP) is 2.62. The number of benzene rings is 1. The number of thioether (sulfide) groups is 1. The Kier molecular flexibility index (Phi) is 6.09. The first-order valence-electron chi connectivity index (χ1n) is 6.79. The highest BCUT2D eigenvalue weighted by atomic mass is 32.2. The SMILES string of the molecule is COc1ccccc1OCCNC(=O)c1cccnc1SC. The van der Waals surface area contributed by atoms with Crippen molar-refractivity contribution in [3.8, 4) is 11.5 Å². The molecule has 22 heavy (non-hydrogen) atoms. The van der Waals surface area contributed by atoms with Gasteiger partial charge in [-0.1, -0.05) is 12.1 Å². The van der Waals surface area contributed by atoms with Gasteiger partial charge >= 0.3 is 0 Å². The number of pyridine rings is 1. The number of ether oxygens (including phenoxy) is 2. The highest BCUT2D eigenvalue weighted by Gasteiger charge is 2.11. The Morgan fingerprint density at radius 2 is 2.00 bits per heavy atom. The zero-order valence-electron chi connectivity index (χ0n) is 12.5. The molecule has 2 rings (SSSR count). The van der Waals surface area contributed by atoms with Crippen LogP contribution in [0.3, 0.4) is 0 Å². The van der Waals surface area contributed by atoms with Crippen molar-refractivity contribution in [1.82, 2.24) is 10.3 Å². The fourth-order valence-corrected chi connectivity index (χ4v) is 2.43. The minimum Gasteiger partial charge on any atom is -0.493 e. The topological polar surface area (TPSA) is 60.5 Å². The van der Waals surface area contributed by atoms with Gasteiger partial charge in [-0.25, -0.2) is 4.98 Å². The van der Waals surface area contributed by atoms with Crippen molar-refractivity contribution >= 4 is 17.7 Å². The van der Waals surface area contributed by atoms with E-state index in [0.29, 0.717) is 35.2 Å². The van der Waals surface area contributed by atoms with Crippen molar-refractivity contribution in [2.45, 2.75) is 5.03 Å². The molecule has 1 amide bonds. The van der Waals surface area contributed by atoms with E-state index in [2.05, 4.69) is 10.3 Å². The van der Waals surface area contributed by atoms with Gasteiger partial charge in [-0.15, -0.1) is 11.8 Å². The molecule has 6 heteroatoms. The first-order valence-corrected chi connectivity index (χ1v) is 8.01. The van der Waals surface area contributed by atoms with E-state index in [1.165, 1.54) is 11.8 Å². The van der Waals surface area contributed by atoms with Crippen LogP contribution in [0.5, 0.6) is 11.5 Å². The molecule has 0 spiro atoms. The number of amides is 1. The summed E-state index contributed by atoms with van der Waals surface area (Å²) >= 11 is 1.45. The van der Waals surface area contributed by atoms with Crippen LogP contribution in [0.15, 0.2) is 47.6 Å². The maximum Gasteiger partial charge on any atom is 0.254 e. The van der Waals surface area contributed by atoms with E-state index < -0.39 is 0 Å². The Balaban J connectivity index is 1.85. The van der Waals surface area contributed by atoms with E-state index in [9.17, 15) is 4.79 Å². The summed E-state index contributed by atoms with van der Waals surface area (Å²) in [5.74, 6) is 1.18. The molecule has 0 aliphatic carbocycles. The van der Waals surface area contributed by atoms with Gasteiger partial charge in [0.2, 0.25) is 0 Å². The normalized spacial score (nSPS) is 10.1. The van der Waals surface area contributed by atoms with E-state index in [0.717, 1.165) is 0 Å². The molecule has 0 fully saturated rings. The molecular formula is C16H18N2O3S. The van der Waals surface area contributed by atoms with Crippen LogP contribution >= 0.6 is 11.8 Å². The van der Waals surface area contributed by atoms with Crippen molar-refractivity contribution in [2.24, 2.45) is 0 Å². The van der Waals surface area contributed by atoms with Crippen molar-refractivity contribution in [3.05, 3.63) is 48.2 Å². The minimum atomic E-state index is -0.152. The fraction of sp³-hybridized carbons (Fsp3) is 0.250. The summed E-state index contributed by atoms with van der Waals surface area (Å²) in [5.41, 5.74) is 0.576. The molecule has 116 valence electrons. The number of methoxy groups -OCH3 is 1. The predicted molar refractivity (Wildman–Crippen MR) is 86.8 cm³/mol.